The second kappa shape index (κ2) is 8.93. The Balaban J connectivity index is 1.82. The molecule has 1 heterocycles. The van der Waals surface area contributed by atoms with Crippen molar-refractivity contribution in [2.75, 3.05) is 11.6 Å². The summed E-state index contributed by atoms with van der Waals surface area (Å²) in [5.74, 6) is -0.504. The molecule has 0 saturated heterocycles. The zero-order chi connectivity index (χ0) is 22.8. The van der Waals surface area contributed by atoms with Crippen LogP contribution in [0.1, 0.15) is 34.5 Å². The number of thioether (sulfide) groups is 1. The molecule has 0 spiro atoms. The molecular weight excluding hydrogens is 422 g/mol. The fourth-order valence-electron chi connectivity index (χ4n) is 3.76. The number of aryl methyl sites for hydroxylation is 1. The summed E-state index contributed by atoms with van der Waals surface area (Å²) in [4.78, 5) is 25.7. The van der Waals surface area contributed by atoms with Crippen LogP contribution in [0.3, 0.4) is 0 Å². The number of aromatic carboxylic acids is 1. The largest absolute Gasteiger partial charge is 0.478 e. The highest BCUT2D eigenvalue weighted by atomic mass is 32.2. The fraction of sp³-hybridized carbons (Fsp3) is 0.154. The lowest BCUT2D eigenvalue weighted by Gasteiger charge is -2.19. The predicted octanol–water partition coefficient (Wildman–Crippen LogP) is 6.36. The molecule has 0 aliphatic carbocycles. The van der Waals surface area contributed by atoms with E-state index in [0.717, 1.165) is 21.6 Å². The molecule has 0 radical (unpaired) electrons. The minimum atomic E-state index is -1.00. The Morgan fingerprint density at radius 3 is 2.47 bits per heavy atom. The van der Waals surface area contributed by atoms with Gasteiger partial charge < -0.3 is 14.8 Å². The van der Waals surface area contributed by atoms with Crippen molar-refractivity contribution in [3.8, 4) is 11.3 Å². The molecule has 0 aliphatic rings. The predicted molar refractivity (Wildman–Crippen MR) is 130 cm³/mol. The van der Waals surface area contributed by atoms with Crippen LogP contribution in [0.25, 0.3) is 22.3 Å². The van der Waals surface area contributed by atoms with Crippen LogP contribution in [-0.4, -0.2) is 17.3 Å². The second-order valence-corrected chi connectivity index (χ2v) is 8.53. The number of carbonyl (C=O) groups is 1. The Labute approximate surface area is 190 Å². The average Bonchev–Trinajstić information content (AvgIpc) is 2.79. The van der Waals surface area contributed by atoms with Crippen molar-refractivity contribution in [3.05, 3.63) is 93.6 Å². The molecule has 1 atom stereocenters. The van der Waals surface area contributed by atoms with Crippen LogP contribution in [0.5, 0.6) is 0 Å². The molecule has 1 unspecified atom stereocenters. The maximum absolute atomic E-state index is 13.0. The standard InChI is InChI=1S/C26H23NO4S/c1-15-12-20(16(2)27-22-7-5-4-6-19(22)26(29)30)25-21(13-15)23(28)14-24(31-25)17-8-10-18(32-3)11-9-17/h4-14,16,27H,1-3H3,(H,29,30). The Morgan fingerprint density at radius 2 is 1.78 bits per heavy atom. The van der Waals surface area contributed by atoms with Crippen LogP contribution in [0.2, 0.25) is 0 Å². The molecular formula is C26H23NO4S. The molecule has 0 fully saturated rings. The van der Waals surface area contributed by atoms with Gasteiger partial charge in [-0.25, -0.2) is 4.79 Å². The molecule has 6 heteroatoms. The first-order valence-corrected chi connectivity index (χ1v) is 11.4. The third-order valence-corrected chi connectivity index (χ3v) is 6.12. The van der Waals surface area contributed by atoms with Crippen molar-refractivity contribution < 1.29 is 14.3 Å². The van der Waals surface area contributed by atoms with Crippen molar-refractivity contribution in [1.82, 2.24) is 0 Å². The number of fused-ring (bicyclic) bond motifs is 1. The third-order valence-electron chi connectivity index (χ3n) is 5.37. The maximum Gasteiger partial charge on any atom is 0.337 e. The Morgan fingerprint density at radius 1 is 1.06 bits per heavy atom. The van der Waals surface area contributed by atoms with Crippen LogP contribution < -0.4 is 10.7 Å². The zero-order valence-corrected chi connectivity index (χ0v) is 18.8. The molecule has 0 aliphatic heterocycles. The van der Waals surface area contributed by atoms with Gasteiger partial charge in [0.2, 0.25) is 0 Å². The minimum Gasteiger partial charge on any atom is -0.478 e. The monoisotopic (exact) mass is 445 g/mol. The van der Waals surface area contributed by atoms with Crippen LogP contribution in [0, 0.1) is 6.92 Å². The molecule has 0 amide bonds. The molecule has 0 bridgehead atoms. The number of rotatable bonds is 6. The maximum atomic E-state index is 13.0. The molecule has 162 valence electrons. The quantitative estimate of drug-likeness (QED) is 0.336. The van der Waals surface area contributed by atoms with E-state index in [2.05, 4.69) is 5.32 Å². The van der Waals surface area contributed by atoms with Gasteiger partial charge in [0.1, 0.15) is 11.3 Å². The highest BCUT2D eigenvalue weighted by Crippen LogP contribution is 2.31. The van der Waals surface area contributed by atoms with Gasteiger partial charge in [-0.15, -0.1) is 11.8 Å². The van der Waals surface area contributed by atoms with Gasteiger partial charge in [-0.1, -0.05) is 30.3 Å². The molecule has 2 N–H and O–H groups in total. The van der Waals surface area contributed by atoms with Gasteiger partial charge in [0.15, 0.2) is 5.43 Å². The van der Waals surface area contributed by atoms with E-state index in [4.69, 9.17) is 4.42 Å². The number of para-hydroxylation sites is 1. The molecule has 4 rings (SSSR count). The van der Waals surface area contributed by atoms with Gasteiger partial charge >= 0.3 is 5.97 Å². The molecule has 32 heavy (non-hydrogen) atoms. The number of nitrogens with one attached hydrogen (secondary N) is 1. The smallest absolute Gasteiger partial charge is 0.337 e. The Bertz CT molecular complexity index is 1360. The van der Waals surface area contributed by atoms with E-state index in [0.29, 0.717) is 22.4 Å². The molecule has 5 nitrogen and oxygen atoms in total. The third kappa shape index (κ3) is 4.27. The number of benzene rings is 3. The Kier molecular flexibility index (Phi) is 6.06. The van der Waals surface area contributed by atoms with E-state index in [-0.39, 0.29) is 17.0 Å². The first kappa shape index (κ1) is 21.7. The van der Waals surface area contributed by atoms with E-state index >= 15 is 0 Å². The first-order chi connectivity index (χ1) is 15.4. The normalized spacial score (nSPS) is 12.0. The lowest BCUT2D eigenvalue weighted by atomic mass is 10.00. The lowest BCUT2D eigenvalue weighted by molar-refractivity contribution is 0.0698. The highest BCUT2D eigenvalue weighted by Gasteiger charge is 2.18. The van der Waals surface area contributed by atoms with Crippen molar-refractivity contribution in [2.24, 2.45) is 0 Å². The van der Waals surface area contributed by atoms with E-state index in [1.807, 2.05) is 56.5 Å². The van der Waals surface area contributed by atoms with Crippen LogP contribution in [0.15, 0.2) is 80.8 Å². The van der Waals surface area contributed by atoms with E-state index in [9.17, 15) is 14.7 Å². The highest BCUT2D eigenvalue weighted by molar-refractivity contribution is 7.98. The minimum absolute atomic E-state index is 0.113. The Hall–Kier alpha value is -3.51. The van der Waals surface area contributed by atoms with E-state index in [1.165, 1.54) is 6.07 Å². The van der Waals surface area contributed by atoms with Gasteiger partial charge in [0.25, 0.3) is 0 Å². The summed E-state index contributed by atoms with van der Waals surface area (Å²) in [6.07, 6.45) is 2.01. The number of hydrogen-bond donors (Lipinski definition) is 2. The summed E-state index contributed by atoms with van der Waals surface area (Å²) < 4.78 is 6.26. The molecule has 3 aromatic carbocycles. The molecule has 0 saturated carbocycles. The topological polar surface area (TPSA) is 79.5 Å². The second-order valence-electron chi connectivity index (χ2n) is 7.65. The summed E-state index contributed by atoms with van der Waals surface area (Å²) in [5.41, 5.74) is 3.63. The summed E-state index contributed by atoms with van der Waals surface area (Å²) in [6, 6.07) is 19.6. The van der Waals surface area contributed by atoms with E-state index in [1.54, 1.807) is 36.0 Å². The number of anilines is 1. The van der Waals surface area contributed by atoms with Crippen molar-refractivity contribution in [2.45, 2.75) is 24.8 Å². The van der Waals surface area contributed by atoms with Crippen LogP contribution >= 0.6 is 11.8 Å². The van der Waals surface area contributed by atoms with Crippen molar-refractivity contribution >= 4 is 34.4 Å². The van der Waals surface area contributed by atoms with Gasteiger partial charge in [-0.3, -0.25) is 4.79 Å². The van der Waals surface area contributed by atoms with Gasteiger partial charge in [0, 0.05) is 27.8 Å². The summed E-state index contributed by atoms with van der Waals surface area (Å²) >= 11 is 1.65. The molecule has 1 aromatic heterocycles. The first-order valence-electron chi connectivity index (χ1n) is 10.2. The fourth-order valence-corrected chi connectivity index (χ4v) is 4.17. The number of hydrogen-bond acceptors (Lipinski definition) is 5. The van der Waals surface area contributed by atoms with Gasteiger partial charge in [-0.05, 0) is 56.0 Å². The van der Waals surface area contributed by atoms with Crippen LogP contribution in [-0.2, 0) is 0 Å². The van der Waals surface area contributed by atoms with Gasteiger partial charge in [0.05, 0.1) is 17.0 Å². The molecule has 4 aromatic rings. The van der Waals surface area contributed by atoms with Crippen molar-refractivity contribution in [1.29, 1.82) is 0 Å². The number of carboxylic acid groups (broad SMARTS) is 1. The lowest BCUT2D eigenvalue weighted by Crippen LogP contribution is -2.12. The van der Waals surface area contributed by atoms with Crippen molar-refractivity contribution in [3.63, 3.8) is 0 Å². The number of carboxylic acids is 1. The summed E-state index contributed by atoms with van der Waals surface area (Å²) in [6.45, 7) is 3.85. The SMILES string of the molecule is CSc1ccc(-c2cc(=O)c3cc(C)cc(C(C)Nc4ccccc4C(=O)O)c3o2)cc1. The summed E-state index contributed by atoms with van der Waals surface area (Å²) in [5, 5.41) is 13.3. The van der Waals surface area contributed by atoms with E-state index < -0.39 is 5.97 Å². The summed E-state index contributed by atoms with van der Waals surface area (Å²) in [7, 11) is 0. The van der Waals surface area contributed by atoms with Gasteiger partial charge in [-0.2, -0.15) is 0 Å². The zero-order valence-electron chi connectivity index (χ0n) is 18.0. The average molecular weight is 446 g/mol. The van der Waals surface area contributed by atoms with Crippen LogP contribution in [0.4, 0.5) is 5.69 Å².